The van der Waals surface area contributed by atoms with Gasteiger partial charge in [0.05, 0.1) is 19.6 Å². The third kappa shape index (κ3) is 6.62. The van der Waals surface area contributed by atoms with Gasteiger partial charge in [-0.2, -0.15) is 0 Å². The second-order valence-corrected chi connectivity index (χ2v) is 4.48. The molecule has 3 nitrogen and oxygen atoms in total. The molecule has 0 saturated carbocycles. The smallest absolute Gasteiger partial charge is 0.134 e. The molecule has 0 saturated heterocycles. The molecule has 0 aliphatic rings. The summed E-state index contributed by atoms with van der Waals surface area (Å²) in [5, 5.41) is 8.65. The van der Waals surface area contributed by atoms with Gasteiger partial charge >= 0.3 is 0 Å². The molecule has 4 heteroatoms. The molecule has 0 bridgehead atoms. The highest BCUT2D eigenvalue weighted by Gasteiger charge is 2.20. The van der Waals surface area contributed by atoms with Crippen molar-refractivity contribution in [2.75, 3.05) is 19.6 Å². The van der Waals surface area contributed by atoms with Crippen molar-refractivity contribution in [3.63, 3.8) is 0 Å². The van der Waals surface area contributed by atoms with Crippen molar-refractivity contribution < 1.29 is 14.4 Å². The van der Waals surface area contributed by atoms with Crippen LogP contribution >= 0.6 is 11.6 Å². The minimum Gasteiger partial charge on any atom is -0.534 e. The fourth-order valence-corrected chi connectivity index (χ4v) is 1.98. The number of rotatable bonds is 5. The van der Waals surface area contributed by atoms with Gasteiger partial charge in [-0.3, -0.25) is 0 Å². The van der Waals surface area contributed by atoms with Crippen molar-refractivity contribution in [1.29, 1.82) is 0 Å². The van der Waals surface area contributed by atoms with Gasteiger partial charge in [0.25, 0.3) is 0 Å². The normalized spacial score (nSPS) is 10.4. The molecule has 0 aliphatic carbocycles. The van der Waals surface area contributed by atoms with Crippen LogP contribution in [0.5, 0.6) is 0 Å². The fraction of sp³-hybridized carbons (Fsp3) is 0.500. The van der Waals surface area contributed by atoms with Gasteiger partial charge < -0.3 is 14.4 Å². The molecule has 0 spiro atoms. The van der Waals surface area contributed by atoms with E-state index in [0.717, 1.165) is 0 Å². The molecule has 0 heterocycles. The van der Waals surface area contributed by atoms with Crippen LogP contribution in [0.2, 0.25) is 0 Å². The first-order valence-corrected chi connectivity index (χ1v) is 6.63. The molecule has 0 N–H and O–H groups in total. The van der Waals surface area contributed by atoms with E-state index in [1.54, 1.807) is 0 Å². The number of hydrogen-bond acceptors (Lipinski definition) is 2. The van der Waals surface area contributed by atoms with Crippen LogP contribution in [0.25, 0.3) is 0 Å². The van der Waals surface area contributed by atoms with Gasteiger partial charge in [-0.1, -0.05) is 41.9 Å². The van der Waals surface area contributed by atoms with E-state index in [-0.39, 0.29) is 0 Å². The minimum absolute atomic E-state index is 1.17. The van der Waals surface area contributed by atoms with Crippen molar-refractivity contribution in [2.45, 2.75) is 27.3 Å². The predicted octanol–water partition coefficient (Wildman–Crippen LogP) is 2.63. The second kappa shape index (κ2) is 8.95. The Kier molecular flexibility index (Phi) is 8.42. The summed E-state index contributed by atoms with van der Waals surface area (Å²) in [6, 6.07) is 10.8. The molecular formula is C14H22ClNO2. The van der Waals surface area contributed by atoms with Gasteiger partial charge in [0.15, 0.2) is 0 Å². The van der Waals surface area contributed by atoms with Crippen LogP contribution in [0.15, 0.2) is 30.3 Å². The summed E-state index contributed by atoms with van der Waals surface area (Å²) in [5.41, 5.74) is -0.155. The molecule has 0 amide bonds. The first-order chi connectivity index (χ1) is 8.49. The quantitative estimate of drug-likeness (QED) is 0.610. The van der Waals surface area contributed by atoms with Crippen molar-refractivity contribution in [2.24, 2.45) is 0 Å². The fourth-order valence-electron chi connectivity index (χ4n) is 1.98. The highest BCUT2D eigenvalue weighted by molar-refractivity contribution is 6.59. The molecule has 1 rings (SSSR count). The lowest BCUT2D eigenvalue weighted by molar-refractivity contribution is -0.936. The summed E-state index contributed by atoms with van der Waals surface area (Å²) in [7, 11) is 0. The Morgan fingerprint density at radius 3 is 1.83 bits per heavy atom. The highest BCUT2D eigenvalue weighted by Crippen LogP contribution is 2.13. The summed E-state index contributed by atoms with van der Waals surface area (Å²) in [6.45, 7) is 11.7. The Bertz CT molecular complexity index is 325. The Labute approximate surface area is 115 Å². The zero-order chi connectivity index (χ0) is 14.0. The van der Waals surface area contributed by atoms with E-state index >= 15 is 0 Å². The molecule has 0 atom stereocenters. The molecule has 0 unspecified atom stereocenters. The van der Waals surface area contributed by atoms with Crippen LogP contribution in [-0.4, -0.2) is 29.5 Å². The average Bonchev–Trinajstić information content (AvgIpc) is 2.37. The summed E-state index contributed by atoms with van der Waals surface area (Å²) >= 11 is 4.08. The molecule has 0 radical (unpaired) electrons. The average molecular weight is 272 g/mol. The maximum Gasteiger partial charge on any atom is 0.134 e. The van der Waals surface area contributed by atoms with Gasteiger partial charge in [-0.15, -0.1) is 0 Å². The number of quaternary nitrogens is 1. The number of carbonyl (C=O) groups excluding carboxylic acids is 1. The van der Waals surface area contributed by atoms with E-state index in [1.807, 2.05) is 0 Å². The maximum atomic E-state index is 8.65. The summed E-state index contributed by atoms with van der Waals surface area (Å²) in [4.78, 5) is 8.65. The lowest BCUT2D eigenvalue weighted by Gasteiger charge is -2.35. The highest BCUT2D eigenvalue weighted by atomic mass is 35.5. The van der Waals surface area contributed by atoms with Crippen LogP contribution in [-0.2, 0) is 6.54 Å². The van der Waals surface area contributed by atoms with Crippen molar-refractivity contribution in [3.8, 4) is 0 Å². The van der Waals surface area contributed by atoms with Crippen LogP contribution in [0, 0.1) is 0 Å². The molecule has 0 aromatic heterocycles. The van der Waals surface area contributed by atoms with Gasteiger partial charge in [0.1, 0.15) is 12.0 Å². The van der Waals surface area contributed by atoms with Crippen LogP contribution < -0.4 is 5.11 Å². The number of nitrogens with zero attached hydrogens (tertiary/aromatic N) is 1. The maximum absolute atomic E-state index is 8.65. The number of halogens is 1. The van der Waals surface area contributed by atoms with Crippen LogP contribution in [0.4, 0.5) is 4.79 Å². The van der Waals surface area contributed by atoms with E-state index in [2.05, 4.69) is 62.7 Å². The lowest BCUT2D eigenvalue weighted by atomic mass is 10.2. The monoisotopic (exact) mass is 271 g/mol. The first-order valence-electron chi connectivity index (χ1n) is 6.25. The predicted molar refractivity (Wildman–Crippen MR) is 73.3 cm³/mol. The standard InChI is InChI=1S/C13H22N.CHClO2/c1-4-14(5-2,6-3)12-13-10-8-7-9-11-13;2-1(3)4/h7-11H,4-6,12H2,1-3H3;(H,3,4)/q+1;/p-1. The molecular weight excluding hydrogens is 250 g/mol. The molecule has 18 heavy (non-hydrogen) atoms. The Hall–Kier alpha value is -1.06. The first kappa shape index (κ1) is 16.9. The van der Waals surface area contributed by atoms with Crippen LogP contribution in [0.3, 0.4) is 0 Å². The number of benzene rings is 1. The van der Waals surface area contributed by atoms with E-state index < -0.39 is 5.43 Å². The Morgan fingerprint density at radius 2 is 1.50 bits per heavy atom. The topological polar surface area (TPSA) is 40.1 Å². The zero-order valence-electron chi connectivity index (χ0n) is 11.4. The van der Waals surface area contributed by atoms with Crippen molar-refractivity contribution in [3.05, 3.63) is 35.9 Å². The second-order valence-electron chi connectivity index (χ2n) is 4.17. The largest absolute Gasteiger partial charge is 0.534 e. The molecule has 1 aromatic carbocycles. The number of carboxylic acid groups (broad SMARTS) is 1. The summed E-state index contributed by atoms with van der Waals surface area (Å²) < 4.78 is 1.20. The van der Waals surface area contributed by atoms with Crippen molar-refractivity contribution >= 4 is 17.0 Å². The van der Waals surface area contributed by atoms with E-state index in [4.69, 9.17) is 9.90 Å². The van der Waals surface area contributed by atoms with Gasteiger partial charge in [-0.25, -0.2) is 0 Å². The Balaban J connectivity index is 0.000000631. The lowest BCUT2D eigenvalue weighted by Crippen LogP contribution is -2.46. The Morgan fingerprint density at radius 1 is 1.11 bits per heavy atom. The van der Waals surface area contributed by atoms with Gasteiger partial charge in [-0.05, 0) is 20.8 Å². The molecule has 0 aliphatic heterocycles. The third-order valence-corrected chi connectivity index (χ3v) is 3.37. The third-order valence-electron chi connectivity index (χ3n) is 3.37. The van der Waals surface area contributed by atoms with E-state index in [1.165, 1.54) is 36.2 Å². The number of hydrogen-bond donors (Lipinski definition) is 0. The molecule has 0 fully saturated rings. The number of carbonyl (C=O) groups is 1. The van der Waals surface area contributed by atoms with E-state index in [9.17, 15) is 0 Å². The molecule has 102 valence electrons. The zero-order valence-corrected chi connectivity index (χ0v) is 12.1. The summed E-state index contributed by atoms with van der Waals surface area (Å²) in [6.07, 6.45) is 0. The molecule has 1 aromatic rings. The van der Waals surface area contributed by atoms with E-state index in [0.29, 0.717) is 0 Å². The summed E-state index contributed by atoms with van der Waals surface area (Å²) in [5.74, 6) is 0. The minimum atomic E-state index is -1.61. The van der Waals surface area contributed by atoms with Gasteiger partial charge in [0, 0.05) is 5.56 Å². The SMILES string of the molecule is CC[N+](CC)(CC)Cc1ccccc1.O=C([O-])Cl. The van der Waals surface area contributed by atoms with Crippen molar-refractivity contribution in [1.82, 2.24) is 0 Å². The van der Waals surface area contributed by atoms with Gasteiger partial charge in [0.2, 0.25) is 0 Å². The van der Waals surface area contributed by atoms with Crippen LogP contribution in [0.1, 0.15) is 26.3 Å².